The zero-order valence-corrected chi connectivity index (χ0v) is 16.3. The van der Waals surface area contributed by atoms with E-state index in [1.54, 1.807) is 20.2 Å². The zero-order chi connectivity index (χ0) is 14.8. The van der Waals surface area contributed by atoms with E-state index in [0.717, 1.165) is 0 Å². The van der Waals surface area contributed by atoms with Crippen molar-refractivity contribution in [1.29, 1.82) is 0 Å². The molecule has 7 heteroatoms. The summed E-state index contributed by atoms with van der Waals surface area (Å²) < 4.78 is 18.0. The highest BCUT2D eigenvalue weighted by Crippen LogP contribution is 2.38. The van der Waals surface area contributed by atoms with Crippen LogP contribution in [0.15, 0.2) is 0 Å². The van der Waals surface area contributed by atoms with Crippen molar-refractivity contribution in [3.05, 3.63) is 0 Å². The molecule has 0 aromatic rings. The maximum absolute atomic E-state index is 10.2. The van der Waals surface area contributed by atoms with Crippen molar-refractivity contribution in [2.75, 3.05) is 7.11 Å². The smallest absolute Gasteiger partial charge is 0.325 e. The van der Waals surface area contributed by atoms with Crippen LogP contribution in [0.2, 0.25) is 37.3 Å². The maximum atomic E-state index is 10.2. The minimum Gasteiger partial charge on any atom is -0.415 e. The van der Waals surface area contributed by atoms with Gasteiger partial charge in [0.2, 0.25) is 0 Å². The van der Waals surface area contributed by atoms with Crippen LogP contribution in [0.1, 0.15) is 27.7 Å². The van der Waals surface area contributed by atoms with Crippen LogP contribution in [-0.2, 0) is 12.7 Å². The SMILES string of the molecule is CO[Si](C)(C)O[Si](O[Si](C)(C)O)(C(C)C)C(C)C. The zero-order valence-electron chi connectivity index (χ0n) is 13.3. The third-order valence-corrected chi connectivity index (χ3v) is 13.6. The van der Waals surface area contributed by atoms with Crippen LogP contribution in [0.5, 0.6) is 0 Å². The van der Waals surface area contributed by atoms with Crippen LogP contribution in [0, 0.1) is 0 Å². The highest BCUT2D eigenvalue weighted by molar-refractivity contribution is 6.86. The molecule has 0 aliphatic carbocycles. The van der Waals surface area contributed by atoms with E-state index in [4.69, 9.17) is 12.7 Å². The molecule has 18 heavy (non-hydrogen) atoms. The van der Waals surface area contributed by atoms with E-state index in [-0.39, 0.29) is 11.1 Å². The van der Waals surface area contributed by atoms with Crippen molar-refractivity contribution in [1.82, 2.24) is 0 Å². The average Bonchev–Trinajstić information content (AvgIpc) is 2.13. The van der Waals surface area contributed by atoms with Crippen molar-refractivity contribution < 1.29 is 17.5 Å². The van der Waals surface area contributed by atoms with Crippen molar-refractivity contribution >= 4 is 25.7 Å². The molecule has 0 atom stereocenters. The predicted octanol–water partition coefficient (Wildman–Crippen LogP) is 3.32. The molecule has 0 fully saturated rings. The molecule has 0 aromatic carbocycles. The molecular weight excluding hydrogens is 280 g/mol. The Labute approximate surface area is 115 Å². The van der Waals surface area contributed by atoms with E-state index in [2.05, 4.69) is 27.7 Å². The van der Waals surface area contributed by atoms with Crippen LogP contribution in [0.4, 0.5) is 0 Å². The highest BCUT2D eigenvalue weighted by atomic mass is 28.5. The summed E-state index contributed by atoms with van der Waals surface area (Å²) in [4.78, 5) is 10.2. The molecule has 0 rings (SSSR count). The van der Waals surface area contributed by atoms with Crippen molar-refractivity contribution in [3.63, 3.8) is 0 Å². The first-order chi connectivity index (χ1) is 7.86. The van der Waals surface area contributed by atoms with E-state index in [1.165, 1.54) is 0 Å². The second kappa shape index (κ2) is 6.29. The van der Waals surface area contributed by atoms with Crippen LogP contribution in [0.3, 0.4) is 0 Å². The van der Waals surface area contributed by atoms with Gasteiger partial charge in [0.05, 0.1) is 0 Å². The quantitative estimate of drug-likeness (QED) is 0.733. The third-order valence-electron chi connectivity index (χ3n) is 2.92. The summed E-state index contributed by atoms with van der Waals surface area (Å²) in [6.45, 7) is 16.1. The van der Waals surface area contributed by atoms with Crippen molar-refractivity contribution in [2.24, 2.45) is 0 Å². The lowest BCUT2D eigenvalue weighted by molar-refractivity contribution is 0.242. The van der Waals surface area contributed by atoms with Gasteiger partial charge in [-0.05, 0) is 37.3 Å². The first kappa shape index (κ1) is 18.5. The Bertz CT molecular complexity index is 254. The summed E-state index contributed by atoms with van der Waals surface area (Å²) in [5.41, 5.74) is 0.552. The molecule has 4 nitrogen and oxygen atoms in total. The lowest BCUT2D eigenvalue weighted by Crippen LogP contribution is -2.60. The molecule has 110 valence electrons. The van der Waals surface area contributed by atoms with Crippen LogP contribution < -0.4 is 0 Å². The van der Waals surface area contributed by atoms with Gasteiger partial charge in [-0.2, -0.15) is 0 Å². The fourth-order valence-electron chi connectivity index (χ4n) is 1.98. The van der Waals surface area contributed by atoms with E-state index in [9.17, 15) is 4.80 Å². The summed E-state index contributed by atoms with van der Waals surface area (Å²) in [5, 5.41) is 0. The summed E-state index contributed by atoms with van der Waals surface area (Å²) in [6, 6.07) is 0. The lowest BCUT2D eigenvalue weighted by atomic mass is 10.5. The second-order valence-corrected chi connectivity index (χ2v) is 17.8. The largest absolute Gasteiger partial charge is 0.415 e. The van der Waals surface area contributed by atoms with Crippen molar-refractivity contribution in [3.8, 4) is 0 Å². The summed E-state index contributed by atoms with van der Waals surface area (Å²) in [6.07, 6.45) is 0. The maximum Gasteiger partial charge on any atom is 0.325 e. The van der Waals surface area contributed by atoms with Gasteiger partial charge in [0.25, 0.3) is 0 Å². The fraction of sp³-hybridized carbons (Fsp3) is 1.00. The van der Waals surface area contributed by atoms with E-state index < -0.39 is 25.7 Å². The number of hydrogen-bond acceptors (Lipinski definition) is 4. The summed E-state index contributed by atoms with van der Waals surface area (Å²) in [5.74, 6) is 0. The lowest BCUT2D eigenvalue weighted by Gasteiger charge is -2.44. The molecule has 0 spiro atoms. The van der Waals surface area contributed by atoms with Gasteiger partial charge >= 0.3 is 25.7 Å². The Balaban J connectivity index is 5.37. The van der Waals surface area contributed by atoms with E-state index in [0.29, 0.717) is 0 Å². The molecule has 0 bridgehead atoms. The van der Waals surface area contributed by atoms with Crippen molar-refractivity contribution in [2.45, 2.75) is 65.0 Å². The molecule has 0 heterocycles. The second-order valence-electron chi connectivity index (χ2n) is 6.29. The molecule has 0 amide bonds. The molecule has 0 aliphatic heterocycles. The molecule has 0 saturated heterocycles. The van der Waals surface area contributed by atoms with Gasteiger partial charge in [-0.25, -0.2) is 0 Å². The van der Waals surface area contributed by atoms with Crippen LogP contribution >= 0.6 is 0 Å². The number of hydrogen-bond donors (Lipinski definition) is 1. The minimum atomic E-state index is -2.63. The van der Waals surface area contributed by atoms with E-state index >= 15 is 0 Å². The predicted molar refractivity (Wildman–Crippen MR) is 82.3 cm³/mol. The van der Waals surface area contributed by atoms with Gasteiger partial charge in [-0.15, -0.1) is 0 Å². The van der Waals surface area contributed by atoms with Gasteiger partial charge in [0, 0.05) is 7.11 Å². The monoisotopic (exact) mass is 310 g/mol. The molecule has 0 saturated carbocycles. The Morgan fingerprint density at radius 2 is 1.22 bits per heavy atom. The molecule has 0 aliphatic rings. The average molecular weight is 311 g/mol. The van der Waals surface area contributed by atoms with Gasteiger partial charge in [-0.1, -0.05) is 27.7 Å². The first-order valence-corrected chi connectivity index (χ1v) is 14.2. The molecular formula is C11H30O4Si3. The van der Waals surface area contributed by atoms with Gasteiger partial charge in [0.15, 0.2) is 0 Å². The Kier molecular flexibility index (Phi) is 6.47. The summed E-state index contributed by atoms with van der Waals surface area (Å²) >= 11 is 0. The topological polar surface area (TPSA) is 47.9 Å². The number of rotatable bonds is 7. The fourth-order valence-corrected chi connectivity index (χ4v) is 14.2. The standard InChI is InChI=1S/C11H30O4Si3/c1-10(2)18(11(3)4,14-16(6,7)12)15-17(8,9)13-5/h10-12H,1-9H3. The molecule has 0 radical (unpaired) electrons. The normalized spacial score (nSPS) is 14.7. The molecule has 0 aromatic heterocycles. The van der Waals surface area contributed by atoms with Crippen LogP contribution in [0.25, 0.3) is 0 Å². The highest BCUT2D eigenvalue weighted by Gasteiger charge is 2.52. The van der Waals surface area contributed by atoms with E-state index in [1.807, 2.05) is 13.1 Å². The molecule has 0 unspecified atom stereocenters. The minimum absolute atomic E-state index is 0.276. The molecule has 1 N–H and O–H groups in total. The Morgan fingerprint density at radius 3 is 1.44 bits per heavy atom. The summed E-state index contributed by atoms with van der Waals surface area (Å²) in [7, 11) is -5.62. The van der Waals surface area contributed by atoms with Gasteiger partial charge in [-0.3, -0.25) is 0 Å². The third kappa shape index (κ3) is 5.24. The van der Waals surface area contributed by atoms with Gasteiger partial charge in [0.1, 0.15) is 0 Å². The first-order valence-electron chi connectivity index (χ1n) is 6.54. The van der Waals surface area contributed by atoms with Gasteiger partial charge < -0.3 is 17.5 Å². The Morgan fingerprint density at radius 1 is 0.833 bits per heavy atom. The van der Waals surface area contributed by atoms with Crippen LogP contribution in [-0.4, -0.2) is 37.6 Å². The Hall–Kier alpha value is 0.491.